The van der Waals surface area contributed by atoms with Crippen LogP contribution in [0.15, 0.2) is 0 Å². The molecule has 1 saturated carbocycles. The molecule has 84 valence electrons. The maximum atomic E-state index is 11.6. The number of carbonyl (C=O) groups is 2. The second kappa shape index (κ2) is 4.18. The number of amides is 2. The minimum Gasteiger partial charge on any atom is -0.351 e. The number of likely N-dealkylation sites (tertiary alicyclic amines) is 1. The van der Waals surface area contributed by atoms with E-state index >= 15 is 0 Å². The Morgan fingerprint density at radius 3 is 2.87 bits per heavy atom. The van der Waals surface area contributed by atoms with Crippen LogP contribution in [-0.2, 0) is 9.59 Å². The molecule has 2 amide bonds. The predicted octanol–water partition coefficient (Wildman–Crippen LogP) is -0.785. The Balaban J connectivity index is 1.80. The van der Waals surface area contributed by atoms with Crippen LogP contribution in [-0.4, -0.2) is 41.9 Å². The van der Waals surface area contributed by atoms with Crippen molar-refractivity contribution in [2.75, 3.05) is 13.1 Å². The molecule has 3 N–H and O–H groups in total. The van der Waals surface area contributed by atoms with Gasteiger partial charge in [0.1, 0.15) is 0 Å². The molecule has 1 saturated heterocycles. The molecule has 2 fully saturated rings. The molecule has 15 heavy (non-hydrogen) atoms. The highest BCUT2D eigenvalue weighted by molar-refractivity contribution is 5.82. The van der Waals surface area contributed by atoms with Gasteiger partial charge in [0.05, 0.1) is 6.04 Å². The summed E-state index contributed by atoms with van der Waals surface area (Å²) >= 11 is 0. The lowest BCUT2D eigenvalue weighted by Gasteiger charge is -2.15. The molecule has 5 heteroatoms. The molecule has 0 aromatic rings. The van der Waals surface area contributed by atoms with Crippen LogP contribution in [0, 0.1) is 0 Å². The molecule has 2 aliphatic rings. The van der Waals surface area contributed by atoms with Crippen molar-refractivity contribution in [2.24, 2.45) is 5.73 Å². The zero-order valence-corrected chi connectivity index (χ0v) is 8.74. The Morgan fingerprint density at radius 1 is 1.53 bits per heavy atom. The zero-order valence-electron chi connectivity index (χ0n) is 8.74. The smallest absolute Gasteiger partial charge is 0.225 e. The largest absolute Gasteiger partial charge is 0.351 e. The van der Waals surface area contributed by atoms with Crippen molar-refractivity contribution in [1.82, 2.24) is 10.2 Å². The topological polar surface area (TPSA) is 75.4 Å². The van der Waals surface area contributed by atoms with Crippen LogP contribution >= 0.6 is 0 Å². The van der Waals surface area contributed by atoms with Gasteiger partial charge in [0, 0.05) is 32.0 Å². The Hall–Kier alpha value is -1.10. The first-order valence-electron chi connectivity index (χ1n) is 5.49. The first-order chi connectivity index (χ1) is 7.20. The second-order valence-electron chi connectivity index (χ2n) is 4.28. The highest BCUT2D eigenvalue weighted by atomic mass is 16.2. The summed E-state index contributed by atoms with van der Waals surface area (Å²) in [6, 6.07) is 0.450. The number of hydrogen-bond acceptors (Lipinski definition) is 3. The SMILES string of the molecule is NCCC(=O)NC1CC(=O)N(C2CC2)C1. The number of hydrogen-bond donors (Lipinski definition) is 2. The van der Waals surface area contributed by atoms with Gasteiger partial charge >= 0.3 is 0 Å². The third-order valence-electron chi connectivity index (χ3n) is 2.88. The van der Waals surface area contributed by atoms with Crippen molar-refractivity contribution in [3.8, 4) is 0 Å². The molecule has 1 atom stereocenters. The van der Waals surface area contributed by atoms with Gasteiger partial charge in [0.15, 0.2) is 0 Å². The first kappa shape index (κ1) is 10.4. The fourth-order valence-electron chi connectivity index (χ4n) is 2.00. The fraction of sp³-hybridized carbons (Fsp3) is 0.800. The summed E-state index contributed by atoms with van der Waals surface area (Å²) in [6.07, 6.45) is 3.03. The lowest BCUT2D eigenvalue weighted by molar-refractivity contribution is -0.128. The summed E-state index contributed by atoms with van der Waals surface area (Å²) in [5.41, 5.74) is 5.28. The quantitative estimate of drug-likeness (QED) is 0.640. The number of carbonyl (C=O) groups excluding carboxylic acids is 2. The second-order valence-corrected chi connectivity index (χ2v) is 4.28. The van der Waals surface area contributed by atoms with Crippen LogP contribution in [0.5, 0.6) is 0 Å². The Kier molecular flexibility index (Phi) is 2.90. The molecular formula is C10H17N3O2. The van der Waals surface area contributed by atoms with E-state index in [-0.39, 0.29) is 17.9 Å². The summed E-state index contributed by atoms with van der Waals surface area (Å²) in [5, 5.41) is 2.84. The van der Waals surface area contributed by atoms with E-state index in [0.717, 1.165) is 12.8 Å². The van der Waals surface area contributed by atoms with Crippen LogP contribution in [0.25, 0.3) is 0 Å². The van der Waals surface area contributed by atoms with Gasteiger partial charge in [0.2, 0.25) is 11.8 Å². The van der Waals surface area contributed by atoms with E-state index < -0.39 is 0 Å². The van der Waals surface area contributed by atoms with E-state index in [1.165, 1.54) is 0 Å². The molecular weight excluding hydrogens is 194 g/mol. The van der Waals surface area contributed by atoms with Gasteiger partial charge in [-0.1, -0.05) is 0 Å². The molecule has 1 aliphatic carbocycles. The zero-order chi connectivity index (χ0) is 10.8. The van der Waals surface area contributed by atoms with Crippen molar-refractivity contribution in [3.63, 3.8) is 0 Å². The summed E-state index contributed by atoms with van der Waals surface area (Å²) in [4.78, 5) is 24.7. The van der Waals surface area contributed by atoms with Crippen LogP contribution < -0.4 is 11.1 Å². The fourth-order valence-corrected chi connectivity index (χ4v) is 2.00. The van der Waals surface area contributed by atoms with E-state index in [2.05, 4.69) is 5.32 Å². The Labute approximate surface area is 89.0 Å². The molecule has 1 aliphatic heterocycles. The van der Waals surface area contributed by atoms with Gasteiger partial charge in [0.25, 0.3) is 0 Å². The van der Waals surface area contributed by atoms with Gasteiger partial charge in [-0.25, -0.2) is 0 Å². The van der Waals surface area contributed by atoms with Crippen LogP contribution in [0.1, 0.15) is 25.7 Å². The maximum absolute atomic E-state index is 11.6. The summed E-state index contributed by atoms with van der Waals surface area (Å²) in [5.74, 6) is 0.128. The van der Waals surface area contributed by atoms with Crippen molar-refractivity contribution >= 4 is 11.8 Å². The Bertz CT molecular complexity index is 276. The average Bonchev–Trinajstić information content (AvgIpc) is 2.93. The summed E-state index contributed by atoms with van der Waals surface area (Å²) < 4.78 is 0. The highest BCUT2D eigenvalue weighted by Gasteiger charge is 2.39. The summed E-state index contributed by atoms with van der Waals surface area (Å²) in [6.45, 7) is 1.04. The van der Waals surface area contributed by atoms with Gasteiger partial charge in [-0.05, 0) is 12.8 Å². The molecule has 1 heterocycles. The lowest BCUT2D eigenvalue weighted by Crippen LogP contribution is -2.38. The minimum absolute atomic E-state index is 0.00264. The van der Waals surface area contributed by atoms with Gasteiger partial charge < -0.3 is 16.0 Å². The van der Waals surface area contributed by atoms with Gasteiger partial charge in [-0.15, -0.1) is 0 Å². The van der Waals surface area contributed by atoms with Crippen molar-refractivity contribution in [3.05, 3.63) is 0 Å². The van der Waals surface area contributed by atoms with E-state index in [9.17, 15) is 9.59 Å². The van der Waals surface area contributed by atoms with Crippen molar-refractivity contribution in [2.45, 2.75) is 37.8 Å². The van der Waals surface area contributed by atoms with E-state index in [4.69, 9.17) is 5.73 Å². The number of nitrogens with one attached hydrogen (secondary N) is 1. The minimum atomic E-state index is -0.0482. The van der Waals surface area contributed by atoms with Crippen LogP contribution in [0.2, 0.25) is 0 Å². The van der Waals surface area contributed by atoms with Gasteiger partial charge in [-0.3, -0.25) is 9.59 Å². The summed E-state index contributed by atoms with van der Waals surface area (Å²) in [7, 11) is 0. The first-order valence-corrected chi connectivity index (χ1v) is 5.49. The van der Waals surface area contributed by atoms with E-state index in [1.54, 1.807) is 0 Å². The standard InChI is InChI=1S/C10H17N3O2/c11-4-3-9(14)12-7-5-10(15)13(6-7)8-1-2-8/h7-8H,1-6,11H2,(H,12,14). The third kappa shape index (κ3) is 2.47. The predicted molar refractivity (Wildman–Crippen MR) is 55.0 cm³/mol. The molecule has 2 rings (SSSR count). The molecule has 0 bridgehead atoms. The average molecular weight is 211 g/mol. The molecule has 0 aromatic heterocycles. The molecule has 0 radical (unpaired) electrons. The molecule has 0 spiro atoms. The van der Waals surface area contributed by atoms with Crippen molar-refractivity contribution in [1.29, 1.82) is 0 Å². The van der Waals surface area contributed by atoms with E-state index in [1.807, 2.05) is 4.90 Å². The normalized spacial score (nSPS) is 25.8. The Morgan fingerprint density at radius 2 is 2.27 bits per heavy atom. The molecule has 5 nitrogen and oxygen atoms in total. The van der Waals surface area contributed by atoms with Gasteiger partial charge in [-0.2, -0.15) is 0 Å². The monoisotopic (exact) mass is 211 g/mol. The maximum Gasteiger partial charge on any atom is 0.225 e. The molecule has 1 unspecified atom stereocenters. The van der Waals surface area contributed by atoms with Crippen LogP contribution in [0.4, 0.5) is 0 Å². The molecule has 0 aromatic carbocycles. The number of nitrogens with two attached hydrogens (primary N) is 1. The van der Waals surface area contributed by atoms with Crippen LogP contribution in [0.3, 0.4) is 0 Å². The van der Waals surface area contributed by atoms with Crippen molar-refractivity contribution < 1.29 is 9.59 Å². The third-order valence-corrected chi connectivity index (χ3v) is 2.88. The number of nitrogens with zero attached hydrogens (tertiary/aromatic N) is 1. The number of rotatable bonds is 4. The van der Waals surface area contributed by atoms with E-state index in [0.29, 0.717) is 32.0 Å². The highest BCUT2D eigenvalue weighted by Crippen LogP contribution is 2.30. The lowest BCUT2D eigenvalue weighted by atomic mass is 10.2.